The summed E-state index contributed by atoms with van der Waals surface area (Å²) in [5.41, 5.74) is 16.0. The fourth-order valence-corrected chi connectivity index (χ4v) is 3.01. The normalized spacial score (nSPS) is 15.6. The van der Waals surface area contributed by atoms with E-state index in [1.165, 1.54) is 0 Å². The largest absolute Gasteiger partial charge is 0.382 e. The van der Waals surface area contributed by atoms with Crippen LogP contribution in [-0.2, 0) is 6.42 Å². The number of nitrogens with two attached hydrogens (primary N) is 1. The predicted molar refractivity (Wildman–Crippen MR) is 99.0 cm³/mol. The molecule has 26 heavy (non-hydrogen) atoms. The number of aromatic nitrogens is 1. The fourth-order valence-electron chi connectivity index (χ4n) is 3.01. The molecule has 1 aliphatic carbocycles. The first-order valence-electron chi connectivity index (χ1n) is 8.23. The standard InChI is InChI=1S/C20H19N5O/c1-20(2)11-17-16(18(26)12-20)9-8-15(23-17)7-6-13-4-3-5-14(10-13)19(21)24-25-22/h3-5,8-10H,11-12H2,1-2H3,(H3,21,22,24). The number of hydrogen-bond donors (Lipinski definition) is 2. The number of Topliss-reactive ketones (excluding diaryl/α,β-unsaturated/α-hetero) is 1. The van der Waals surface area contributed by atoms with Crippen LogP contribution in [0.2, 0.25) is 0 Å². The Morgan fingerprint density at radius 1 is 1.23 bits per heavy atom. The summed E-state index contributed by atoms with van der Waals surface area (Å²) >= 11 is 0. The average molecular weight is 345 g/mol. The molecule has 6 nitrogen and oxygen atoms in total. The molecule has 0 saturated heterocycles. The summed E-state index contributed by atoms with van der Waals surface area (Å²) in [5, 5.41) is 6.45. The van der Waals surface area contributed by atoms with E-state index in [1.54, 1.807) is 18.2 Å². The van der Waals surface area contributed by atoms with E-state index < -0.39 is 0 Å². The van der Waals surface area contributed by atoms with Crippen molar-refractivity contribution in [1.29, 1.82) is 5.53 Å². The first kappa shape index (κ1) is 17.5. The van der Waals surface area contributed by atoms with Gasteiger partial charge < -0.3 is 5.73 Å². The van der Waals surface area contributed by atoms with Crippen molar-refractivity contribution in [3.05, 3.63) is 64.5 Å². The number of carbonyl (C=O) groups excluding carboxylic acids is 1. The molecule has 1 aliphatic rings. The van der Waals surface area contributed by atoms with E-state index >= 15 is 0 Å². The van der Waals surface area contributed by atoms with E-state index in [-0.39, 0.29) is 17.0 Å². The molecule has 2 aromatic rings. The topological polar surface area (TPSA) is 105 Å². The van der Waals surface area contributed by atoms with Gasteiger partial charge >= 0.3 is 0 Å². The van der Waals surface area contributed by atoms with Crippen LogP contribution in [0.1, 0.15) is 53.1 Å². The van der Waals surface area contributed by atoms with E-state index in [0.29, 0.717) is 23.2 Å². The van der Waals surface area contributed by atoms with Gasteiger partial charge in [0.1, 0.15) is 5.69 Å². The number of ketones is 1. The summed E-state index contributed by atoms with van der Waals surface area (Å²) in [6, 6.07) is 10.8. The van der Waals surface area contributed by atoms with Crippen molar-refractivity contribution >= 4 is 11.6 Å². The lowest BCUT2D eigenvalue weighted by Crippen LogP contribution is -2.28. The number of fused-ring (bicyclic) bond motifs is 1. The molecule has 0 fully saturated rings. The highest BCUT2D eigenvalue weighted by atomic mass is 16.1. The van der Waals surface area contributed by atoms with Gasteiger partial charge in [-0.25, -0.2) is 4.98 Å². The maximum absolute atomic E-state index is 12.2. The van der Waals surface area contributed by atoms with Crippen LogP contribution in [0.5, 0.6) is 0 Å². The number of carbonyl (C=O) groups is 1. The van der Waals surface area contributed by atoms with Crippen LogP contribution < -0.4 is 5.73 Å². The van der Waals surface area contributed by atoms with Crippen molar-refractivity contribution in [3.8, 4) is 11.8 Å². The second kappa shape index (κ2) is 6.89. The van der Waals surface area contributed by atoms with E-state index in [1.807, 2.05) is 18.2 Å². The lowest BCUT2D eigenvalue weighted by atomic mass is 9.75. The first-order valence-corrected chi connectivity index (χ1v) is 8.23. The summed E-state index contributed by atoms with van der Waals surface area (Å²) in [6.07, 6.45) is 1.32. The number of amidine groups is 1. The lowest BCUT2D eigenvalue weighted by molar-refractivity contribution is 0.0910. The van der Waals surface area contributed by atoms with E-state index in [0.717, 1.165) is 17.7 Å². The van der Waals surface area contributed by atoms with Gasteiger partial charge in [0.15, 0.2) is 11.6 Å². The lowest BCUT2D eigenvalue weighted by Gasteiger charge is -2.29. The van der Waals surface area contributed by atoms with E-state index in [9.17, 15) is 4.79 Å². The van der Waals surface area contributed by atoms with Gasteiger partial charge in [0, 0.05) is 23.1 Å². The van der Waals surface area contributed by atoms with E-state index in [4.69, 9.17) is 11.3 Å². The highest BCUT2D eigenvalue weighted by molar-refractivity contribution is 5.98. The van der Waals surface area contributed by atoms with Crippen LogP contribution >= 0.6 is 0 Å². The van der Waals surface area contributed by atoms with Gasteiger partial charge in [-0.1, -0.05) is 37.1 Å². The molecule has 3 N–H and O–H groups in total. The monoisotopic (exact) mass is 345 g/mol. The third-order valence-electron chi connectivity index (χ3n) is 4.21. The summed E-state index contributed by atoms with van der Waals surface area (Å²) < 4.78 is 0. The molecule has 130 valence electrons. The number of nitrogens with one attached hydrogen (secondary N) is 1. The molecule has 0 spiro atoms. The molecule has 0 unspecified atom stereocenters. The molecule has 0 atom stereocenters. The van der Waals surface area contributed by atoms with Gasteiger partial charge in [0.25, 0.3) is 0 Å². The van der Waals surface area contributed by atoms with Crippen LogP contribution in [0.15, 0.2) is 46.7 Å². The summed E-state index contributed by atoms with van der Waals surface area (Å²) in [7, 11) is 0. The number of nitrogens with zero attached hydrogens (tertiary/aromatic N) is 3. The third kappa shape index (κ3) is 3.83. The number of rotatable bonds is 2. The quantitative estimate of drug-likeness (QED) is 0.287. The molecule has 0 saturated carbocycles. The molecule has 1 heterocycles. The van der Waals surface area contributed by atoms with Gasteiger partial charge in [0.05, 0.1) is 5.69 Å². The fraction of sp³-hybridized carbons (Fsp3) is 0.250. The molecule has 0 aliphatic heterocycles. The van der Waals surface area contributed by atoms with Crippen molar-refractivity contribution in [3.63, 3.8) is 0 Å². The molecular weight excluding hydrogens is 326 g/mol. The predicted octanol–water partition coefficient (Wildman–Crippen LogP) is 3.29. The van der Waals surface area contributed by atoms with Crippen LogP contribution in [0, 0.1) is 22.8 Å². The maximum Gasteiger partial charge on any atom is 0.165 e. The third-order valence-corrected chi connectivity index (χ3v) is 4.21. The number of benzene rings is 1. The molecule has 0 amide bonds. The van der Waals surface area contributed by atoms with Crippen LogP contribution in [0.4, 0.5) is 0 Å². The smallest absolute Gasteiger partial charge is 0.165 e. The van der Waals surface area contributed by atoms with Crippen LogP contribution in [0.25, 0.3) is 0 Å². The molecular formula is C20H19N5O. The highest BCUT2D eigenvalue weighted by Crippen LogP contribution is 2.33. The van der Waals surface area contributed by atoms with Crippen molar-refractivity contribution in [2.45, 2.75) is 26.7 Å². The SMILES string of the molecule is CC1(C)CC(=O)c2ccc(C#Cc3cccc(C(N)=NN=N)c3)nc2C1. The Bertz CT molecular complexity index is 979. The Kier molecular flexibility index (Phi) is 4.63. The second-order valence-corrected chi connectivity index (χ2v) is 7.05. The first-order chi connectivity index (χ1) is 12.4. The maximum atomic E-state index is 12.2. The Morgan fingerprint density at radius 3 is 2.81 bits per heavy atom. The Morgan fingerprint density at radius 2 is 2.04 bits per heavy atom. The zero-order chi connectivity index (χ0) is 18.7. The second-order valence-electron chi connectivity index (χ2n) is 7.05. The number of hydrogen-bond acceptors (Lipinski definition) is 4. The van der Waals surface area contributed by atoms with Gasteiger partial charge in [-0.15, -0.1) is 5.10 Å². The van der Waals surface area contributed by atoms with Gasteiger partial charge in [-0.3, -0.25) is 4.79 Å². The Balaban J connectivity index is 1.90. The molecule has 0 bridgehead atoms. The Hall–Kier alpha value is -3.33. The molecule has 0 radical (unpaired) electrons. The summed E-state index contributed by atoms with van der Waals surface area (Å²) in [5.74, 6) is 6.40. The Labute approximate surface area is 152 Å². The van der Waals surface area contributed by atoms with E-state index in [2.05, 4.69) is 41.0 Å². The van der Waals surface area contributed by atoms with Gasteiger partial charge in [-0.2, -0.15) is 5.53 Å². The van der Waals surface area contributed by atoms with Crippen molar-refractivity contribution in [2.24, 2.45) is 21.5 Å². The minimum absolute atomic E-state index is 0.0722. The summed E-state index contributed by atoms with van der Waals surface area (Å²) in [6.45, 7) is 4.16. The molecule has 6 heteroatoms. The van der Waals surface area contributed by atoms with Gasteiger partial charge in [0.2, 0.25) is 0 Å². The molecule has 3 rings (SSSR count). The zero-order valence-corrected chi connectivity index (χ0v) is 14.7. The molecule has 1 aromatic heterocycles. The van der Waals surface area contributed by atoms with Crippen LogP contribution in [0.3, 0.4) is 0 Å². The minimum atomic E-state index is -0.0722. The van der Waals surface area contributed by atoms with Crippen molar-refractivity contribution in [2.75, 3.05) is 0 Å². The van der Waals surface area contributed by atoms with Crippen LogP contribution in [-0.4, -0.2) is 16.6 Å². The summed E-state index contributed by atoms with van der Waals surface area (Å²) in [4.78, 5) is 16.8. The van der Waals surface area contributed by atoms with Crippen molar-refractivity contribution in [1.82, 2.24) is 4.98 Å². The molecule has 1 aromatic carbocycles. The minimum Gasteiger partial charge on any atom is -0.382 e. The zero-order valence-electron chi connectivity index (χ0n) is 14.7. The van der Waals surface area contributed by atoms with Gasteiger partial charge in [-0.05, 0) is 42.0 Å². The highest BCUT2D eigenvalue weighted by Gasteiger charge is 2.31. The number of pyridine rings is 1. The average Bonchev–Trinajstić information content (AvgIpc) is 2.59. The van der Waals surface area contributed by atoms with Crippen molar-refractivity contribution < 1.29 is 4.79 Å².